The lowest BCUT2D eigenvalue weighted by Crippen LogP contribution is -2.43. The summed E-state index contributed by atoms with van der Waals surface area (Å²) in [6.07, 6.45) is 4.69. The van der Waals surface area contributed by atoms with Gasteiger partial charge in [0, 0.05) is 48.2 Å². The third-order valence-corrected chi connectivity index (χ3v) is 5.91. The van der Waals surface area contributed by atoms with E-state index in [0.29, 0.717) is 18.2 Å². The molecule has 31 heavy (non-hydrogen) atoms. The Morgan fingerprint density at radius 3 is 2.84 bits per heavy atom. The minimum atomic E-state index is 0.0510. The van der Waals surface area contributed by atoms with Gasteiger partial charge in [-0.2, -0.15) is 5.10 Å². The lowest BCUT2D eigenvalue weighted by atomic mass is 9.89. The molecule has 0 aliphatic carbocycles. The fraction of sp³-hybridized carbons (Fsp3) is 0.333. The zero-order chi connectivity index (χ0) is 22.0. The Bertz CT molecular complexity index is 1080. The Hall–Kier alpha value is -2.83. The molecule has 7 heteroatoms. The van der Waals surface area contributed by atoms with Gasteiger partial charge in [0.15, 0.2) is 0 Å². The lowest BCUT2D eigenvalue weighted by Gasteiger charge is -2.39. The molecule has 2 atom stereocenters. The van der Waals surface area contributed by atoms with Crippen molar-refractivity contribution in [2.45, 2.75) is 38.9 Å². The van der Waals surface area contributed by atoms with Gasteiger partial charge in [0.2, 0.25) is 5.91 Å². The van der Waals surface area contributed by atoms with Crippen LogP contribution in [0.1, 0.15) is 31.9 Å². The summed E-state index contributed by atoms with van der Waals surface area (Å²) in [5.41, 5.74) is 5.10. The van der Waals surface area contributed by atoms with Gasteiger partial charge in [-0.05, 0) is 54.8 Å². The minimum Gasteiger partial charge on any atom is -0.383 e. The number of aromatic nitrogens is 2. The summed E-state index contributed by atoms with van der Waals surface area (Å²) in [6, 6.07) is 14.1. The highest BCUT2D eigenvalue weighted by Crippen LogP contribution is 2.41. The van der Waals surface area contributed by atoms with Gasteiger partial charge in [0.25, 0.3) is 0 Å². The van der Waals surface area contributed by atoms with Crippen LogP contribution in [0, 0.1) is 0 Å². The number of carbonyl (C=O) groups excluding carboxylic acids is 1. The zero-order valence-corrected chi connectivity index (χ0v) is 18.8. The van der Waals surface area contributed by atoms with Crippen LogP contribution in [-0.4, -0.2) is 35.4 Å². The first-order valence-electron chi connectivity index (χ1n) is 10.4. The molecule has 0 spiro atoms. The van der Waals surface area contributed by atoms with Crippen LogP contribution >= 0.6 is 11.6 Å². The van der Waals surface area contributed by atoms with E-state index in [-0.39, 0.29) is 18.0 Å². The number of anilines is 2. The molecule has 6 nitrogen and oxygen atoms in total. The number of carbonyl (C=O) groups is 1. The van der Waals surface area contributed by atoms with Crippen LogP contribution in [0.2, 0.25) is 5.02 Å². The second kappa shape index (κ2) is 9.12. The second-order valence-corrected chi connectivity index (χ2v) is 8.38. The summed E-state index contributed by atoms with van der Waals surface area (Å²) in [5.74, 6) is 0.0510. The number of nitrogens with one attached hydrogen (secondary N) is 1. The fourth-order valence-electron chi connectivity index (χ4n) is 4.26. The molecule has 1 aromatic heterocycles. The molecule has 2 unspecified atom stereocenters. The minimum absolute atomic E-state index is 0.0510. The van der Waals surface area contributed by atoms with Crippen molar-refractivity contribution in [2.75, 3.05) is 23.9 Å². The van der Waals surface area contributed by atoms with Gasteiger partial charge in [-0.25, -0.2) is 0 Å². The number of nitrogens with zero attached hydrogens (tertiary/aromatic N) is 3. The van der Waals surface area contributed by atoms with Crippen molar-refractivity contribution in [3.8, 4) is 11.1 Å². The van der Waals surface area contributed by atoms with Gasteiger partial charge >= 0.3 is 0 Å². The summed E-state index contributed by atoms with van der Waals surface area (Å²) < 4.78 is 7.02. The highest BCUT2D eigenvalue weighted by atomic mass is 35.5. The molecular weight excluding hydrogens is 412 g/mol. The Morgan fingerprint density at radius 2 is 2.10 bits per heavy atom. The summed E-state index contributed by atoms with van der Waals surface area (Å²) in [7, 11) is 1.68. The zero-order valence-electron chi connectivity index (χ0n) is 18.0. The maximum atomic E-state index is 12.4. The van der Waals surface area contributed by atoms with Crippen LogP contribution in [0.3, 0.4) is 0 Å². The lowest BCUT2D eigenvalue weighted by molar-refractivity contribution is -0.117. The van der Waals surface area contributed by atoms with Crippen molar-refractivity contribution in [1.82, 2.24) is 9.78 Å². The molecule has 162 valence electrons. The first kappa shape index (κ1) is 21.4. The Balaban J connectivity index is 1.71. The number of hydrogen-bond acceptors (Lipinski definition) is 4. The van der Waals surface area contributed by atoms with Crippen molar-refractivity contribution in [1.29, 1.82) is 0 Å². The molecule has 0 saturated heterocycles. The van der Waals surface area contributed by atoms with Crippen LogP contribution in [0.15, 0.2) is 54.9 Å². The van der Waals surface area contributed by atoms with E-state index in [1.165, 1.54) is 0 Å². The summed E-state index contributed by atoms with van der Waals surface area (Å²) in [4.78, 5) is 14.3. The molecule has 2 heterocycles. The average Bonchev–Trinajstić information content (AvgIpc) is 3.21. The number of rotatable bonds is 6. The predicted molar refractivity (Wildman–Crippen MR) is 125 cm³/mol. The number of methoxy groups -OCH3 is 1. The highest BCUT2D eigenvalue weighted by Gasteiger charge is 2.32. The van der Waals surface area contributed by atoms with Crippen molar-refractivity contribution in [3.05, 3.63) is 65.4 Å². The van der Waals surface area contributed by atoms with E-state index in [9.17, 15) is 4.79 Å². The van der Waals surface area contributed by atoms with Crippen LogP contribution in [-0.2, 0) is 16.1 Å². The Kier molecular flexibility index (Phi) is 6.30. The van der Waals surface area contributed by atoms with Crippen molar-refractivity contribution < 1.29 is 9.53 Å². The Morgan fingerprint density at radius 1 is 1.26 bits per heavy atom. The fourth-order valence-corrected chi connectivity index (χ4v) is 4.45. The molecule has 1 aliphatic heterocycles. The maximum Gasteiger partial charge on any atom is 0.224 e. The first-order valence-corrected chi connectivity index (χ1v) is 10.8. The van der Waals surface area contributed by atoms with E-state index in [0.717, 1.165) is 34.5 Å². The van der Waals surface area contributed by atoms with Crippen LogP contribution in [0.5, 0.6) is 0 Å². The number of halogens is 1. The van der Waals surface area contributed by atoms with Gasteiger partial charge < -0.3 is 15.0 Å². The third-order valence-electron chi connectivity index (χ3n) is 5.68. The van der Waals surface area contributed by atoms with E-state index < -0.39 is 0 Å². The largest absolute Gasteiger partial charge is 0.383 e. The quantitative estimate of drug-likeness (QED) is 0.578. The van der Waals surface area contributed by atoms with E-state index >= 15 is 0 Å². The van der Waals surface area contributed by atoms with Gasteiger partial charge in [-0.3, -0.25) is 9.48 Å². The monoisotopic (exact) mass is 438 g/mol. The predicted octanol–water partition coefficient (Wildman–Crippen LogP) is 5.15. The van der Waals surface area contributed by atoms with Crippen LogP contribution in [0.4, 0.5) is 11.4 Å². The molecule has 4 rings (SSSR count). The molecule has 0 saturated carbocycles. The molecule has 0 bridgehead atoms. The summed E-state index contributed by atoms with van der Waals surface area (Å²) >= 11 is 6.19. The van der Waals surface area contributed by atoms with E-state index in [4.69, 9.17) is 16.3 Å². The standard InChI is InChI=1S/C24H27ClN4O2/c1-16-11-23(27-21-6-4-5-20(25)13-21)22-12-18(7-8-24(22)29(16)17(2)30)19-14-26-28(15-19)9-10-31-3/h4-8,12-16,23,27H,9-11H2,1-3H3. The van der Waals surface area contributed by atoms with E-state index in [2.05, 4.69) is 29.5 Å². The Labute approximate surface area is 187 Å². The number of ether oxygens (including phenoxy) is 1. The molecule has 1 N–H and O–H groups in total. The van der Waals surface area contributed by atoms with Crippen molar-refractivity contribution >= 4 is 28.9 Å². The van der Waals surface area contributed by atoms with Gasteiger partial charge in [0.1, 0.15) is 0 Å². The van der Waals surface area contributed by atoms with Crippen LogP contribution in [0.25, 0.3) is 11.1 Å². The molecule has 0 fully saturated rings. The number of fused-ring (bicyclic) bond motifs is 1. The van der Waals surface area contributed by atoms with Crippen molar-refractivity contribution in [2.24, 2.45) is 0 Å². The normalized spacial score (nSPS) is 18.0. The van der Waals surface area contributed by atoms with Gasteiger partial charge in [-0.1, -0.05) is 23.7 Å². The topological polar surface area (TPSA) is 59.4 Å². The van der Waals surface area contributed by atoms with Gasteiger partial charge in [-0.15, -0.1) is 0 Å². The smallest absolute Gasteiger partial charge is 0.224 e. The average molecular weight is 439 g/mol. The number of hydrogen-bond donors (Lipinski definition) is 1. The molecule has 1 amide bonds. The highest BCUT2D eigenvalue weighted by molar-refractivity contribution is 6.30. The molecule has 1 aliphatic rings. The molecule has 3 aromatic rings. The number of benzene rings is 2. The van der Waals surface area contributed by atoms with Crippen LogP contribution < -0.4 is 10.2 Å². The third kappa shape index (κ3) is 4.60. The maximum absolute atomic E-state index is 12.4. The van der Waals surface area contributed by atoms with Gasteiger partial charge in [0.05, 0.1) is 25.4 Å². The summed E-state index contributed by atoms with van der Waals surface area (Å²) in [6.45, 7) is 5.03. The number of amides is 1. The first-order chi connectivity index (χ1) is 15.0. The summed E-state index contributed by atoms with van der Waals surface area (Å²) in [5, 5.41) is 8.75. The van der Waals surface area contributed by atoms with Crippen molar-refractivity contribution in [3.63, 3.8) is 0 Å². The molecular formula is C24H27ClN4O2. The SMILES string of the molecule is COCCn1cc(-c2ccc3c(c2)C(Nc2cccc(Cl)c2)CC(C)N3C(C)=O)cn1. The molecule has 2 aromatic carbocycles. The van der Waals surface area contributed by atoms with E-state index in [1.807, 2.05) is 52.3 Å². The molecule has 0 radical (unpaired) electrons. The second-order valence-electron chi connectivity index (χ2n) is 7.94. The van der Waals surface area contributed by atoms with E-state index in [1.54, 1.807) is 14.0 Å².